The van der Waals surface area contributed by atoms with Crippen molar-refractivity contribution in [2.45, 2.75) is 74.0 Å². The van der Waals surface area contributed by atoms with Gasteiger partial charge < -0.3 is 39.6 Å². The molecular weight excluding hydrogens is 1300 g/mol. The number of fused-ring (bicyclic) bond motifs is 1. The van der Waals surface area contributed by atoms with Crippen molar-refractivity contribution in [1.29, 1.82) is 0 Å². The fraction of sp³-hybridized carbons (Fsp3) is 0.352. The number of amides is 8. The van der Waals surface area contributed by atoms with Gasteiger partial charge in [0, 0.05) is 56.8 Å². The molecule has 5 aromatic rings. The van der Waals surface area contributed by atoms with E-state index in [1.165, 1.54) is 107 Å². The third-order valence-corrected chi connectivity index (χ3v) is 16.3. The Kier molecular flexibility index (Phi) is 25.3. The molecule has 32 nitrogen and oxygen atoms in total. The maximum Gasteiger partial charge on any atom is 0.389 e. The zero-order chi connectivity index (χ0) is 69.3. The number of terminal acetylenes is 1. The maximum atomic E-state index is 14.7. The van der Waals surface area contributed by atoms with Crippen LogP contribution < -0.4 is 54.6 Å². The highest BCUT2D eigenvalue weighted by Gasteiger charge is 2.42. The van der Waals surface area contributed by atoms with E-state index in [4.69, 9.17) is 41.1 Å². The number of hydrogen-bond acceptors (Lipinski definition) is 23. The summed E-state index contributed by atoms with van der Waals surface area (Å²) in [7, 11) is -5.09. The summed E-state index contributed by atoms with van der Waals surface area (Å²) in [5.41, 5.74) is 5.83. The van der Waals surface area contributed by atoms with Crippen LogP contribution in [0.3, 0.4) is 0 Å². The smallest absolute Gasteiger partial charge is 0.389 e. The first kappa shape index (κ1) is 73.8. The van der Waals surface area contributed by atoms with E-state index in [0.29, 0.717) is 24.0 Å². The number of carbonyl (C=O) groups excluding carboxylic acids is 6. The lowest BCUT2D eigenvalue weighted by atomic mass is 9.93. The molecule has 500 valence electrons. The van der Waals surface area contributed by atoms with E-state index >= 15 is 0 Å². The monoisotopic (exact) mass is 1360 g/mol. The Bertz CT molecular complexity index is 3990. The van der Waals surface area contributed by atoms with Crippen molar-refractivity contribution in [3.8, 4) is 35.9 Å². The molecule has 2 atom stereocenters. The first-order valence-corrected chi connectivity index (χ1v) is 32.1. The van der Waals surface area contributed by atoms with Crippen molar-refractivity contribution in [3.63, 3.8) is 0 Å². The lowest BCUT2D eigenvalue weighted by Crippen LogP contribution is -2.39. The van der Waals surface area contributed by atoms with Crippen LogP contribution in [0.1, 0.15) is 60.3 Å². The van der Waals surface area contributed by atoms with Crippen LogP contribution in [0.5, 0.6) is 23.5 Å². The van der Waals surface area contributed by atoms with Gasteiger partial charge in [0.1, 0.15) is 17.6 Å². The van der Waals surface area contributed by atoms with Crippen molar-refractivity contribution >= 4 is 92.3 Å². The zero-order valence-electron chi connectivity index (χ0n) is 50.3. The SMILES string of the molecule is C#CCN1C(=O)COc2cc(F)c(N3C(=O)C4=C(CCCC4)C3=O)cc21.COc1cc(OC)nc(NC(=O)NS(=O)(=O)c2ncccc2C(=O)N(C)C)n1.COc1nc(C)nc(NC(=O)NS(=O)(=O)c2ccccc2CCC(F)(F)F)n1.CP(=O)(O)CCC(N)C(=O)O. The minimum atomic E-state index is -4.46. The summed E-state index contributed by atoms with van der Waals surface area (Å²) in [6, 6.07) is 8.05. The maximum absolute atomic E-state index is 14.7. The first-order valence-electron chi connectivity index (χ1n) is 26.8. The molecule has 0 saturated heterocycles. The molecule has 0 saturated carbocycles. The van der Waals surface area contributed by atoms with Crippen LogP contribution in [0.25, 0.3) is 0 Å². The van der Waals surface area contributed by atoms with Gasteiger partial charge in [-0.05, 0) is 75.3 Å². The van der Waals surface area contributed by atoms with Gasteiger partial charge in [0.15, 0.2) is 24.8 Å². The number of rotatable bonds is 18. The summed E-state index contributed by atoms with van der Waals surface area (Å²) in [5.74, 6) is -1.45. The number of urea groups is 2. The van der Waals surface area contributed by atoms with E-state index in [1.54, 1.807) is 9.44 Å². The van der Waals surface area contributed by atoms with E-state index < -0.39 is 104 Å². The number of nitrogens with two attached hydrogens (primary N) is 1. The quantitative estimate of drug-likeness (QED) is 0.0283. The average Bonchev–Trinajstić information content (AvgIpc) is 1.60. The van der Waals surface area contributed by atoms with Gasteiger partial charge in [-0.1, -0.05) is 24.1 Å². The van der Waals surface area contributed by atoms with Gasteiger partial charge in [-0.15, -0.1) is 6.42 Å². The van der Waals surface area contributed by atoms with Crippen LogP contribution in [0, 0.1) is 25.1 Å². The number of nitrogens with one attached hydrogen (secondary N) is 4. The van der Waals surface area contributed by atoms with Crippen LogP contribution in [-0.2, 0) is 50.2 Å². The topological polar surface area (TPSA) is 443 Å². The van der Waals surface area contributed by atoms with E-state index in [1.807, 2.05) is 0 Å². The summed E-state index contributed by atoms with van der Waals surface area (Å²) in [6.45, 7) is 2.42. The van der Waals surface area contributed by atoms with Crippen LogP contribution in [0.2, 0.25) is 0 Å². The molecule has 2 unspecified atom stereocenters. The van der Waals surface area contributed by atoms with Gasteiger partial charge in [0.25, 0.3) is 43.7 Å². The van der Waals surface area contributed by atoms with Gasteiger partial charge in [0.05, 0.1) is 55.8 Å². The number of ether oxygens (including phenoxy) is 4. The van der Waals surface area contributed by atoms with Gasteiger partial charge in [-0.25, -0.2) is 41.7 Å². The van der Waals surface area contributed by atoms with Crippen LogP contribution >= 0.6 is 7.37 Å². The zero-order valence-corrected chi connectivity index (χ0v) is 52.8. The van der Waals surface area contributed by atoms with E-state index in [9.17, 15) is 72.5 Å². The number of methoxy groups -OCH3 is 3. The summed E-state index contributed by atoms with van der Waals surface area (Å²) >= 11 is 0. The molecule has 8 rings (SSSR count). The Morgan fingerprint density at radius 2 is 1.43 bits per heavy atom. The third kappa shape index (κ3) is 20.8. The number of alkyl halides is 3. The van der Waals surface area contributed by atoms with Crippen molar-refractivity contribution < 1.29 is 101 Å². The Labute approximate surface area is 528 Å². The number of sulfonamides is 2. The molecule has 8 amide bonds. The molecule has 8 N–H and O–H groups in total. The molecule has 1 aliphatic carbocycles. The number of pyridine rings is 1. The second kappa shape index (κ2) is 31.9. The summed E-state index contributed by atoms with van der Waals surface area (Å²) < 4.78 is 136. The molecule has 3 aliphatic rings. The highest BCUT2D eigenvalue weighted by Crippen LogP contribution is 2.42. The van der Waals surface area contributed by atoms with E-state index in [2.05, 4.69) is 46.5 Å². The van der Waals surface area contributed by atoms with Crippen LogP contribution in [-0.4, -0.2) is 177 Å². The van der Waals surface area contributed by atoms with E-state index in [0.717, 1.165) is 29.9 Å². The fourth-order valence-electron chi connectivity index (χ4n) is 8.24. The molecule has 3 aromatic heterocycles. The molecule has 39 heteroatoms. The van der Waals surface area contributed by atoms with E-state index in [-0.39, 0.29) is 95.4 Å². The molecule has 93 heavy (non-hydrogen) atoms. The number of benzene rings is 2. The molecule has 5 heterocycles. The highest BCUT2D eigenvalue weighted by molar-refractivity contribution is 7.90. The number of imide groups is 1. The molecule has 0 spiro atoms. The number of anilines is 4. The average molecular weight is 1370 g/mol. The van der Waals surface area contributed by atoms with Gasteiger partial charge in [-0.2, -0.15) is 46.5 Å². The molecular formula is C54H61F4N14O18PS2. The van der Waals surface area contributed by atoms with Crippen molar-refractivity contribution in [1.82, 2.24) is 44.2 Å². The van der Waals surface area contributed by atoms with Crippen molar-refractivity contribution in [2.24, 2.45) is 5.73 Å². The predicted molar refractivity (Wildman–Crippen MR) is 320 cm³/mol. The molecule has 2 aliphatic heterocycles. The second-order valence-corrected chi connectivity index (χ2v) is 25.5. The molecule has 0 bridgehead atoms. The summed E-state index contributed by atoms with van der Waals surface area (Å²) in [4.78, 5) is 118. The number of carboxylic acid groups (broad SMARTS) is 1. The number of halogens is 4. The van der Waals surface area contributed by atoms with Gasteiger partial charge in [-0.3, -0.25) is 44.1 Å². The number of hydrogen-bond donors (Lipinski definition) is 7. The summed E-state index contributed by atoms with van der Waals surface area (Å²) in [6.07, 6.45) is 3.01. The van der Waals surface area contributed by atoms with Crippen LogP contribution in [0.4, 0.5) is 50.4 Å². The molecule has 0 fully saturated rings. The number of aromatic nitrogens is 6. The van der Waals surface area contributed by atoms with Crippen LogP contribution in [0.15, 0.2) is 81.9 Å². The minimum Gasteiger partial charge on any atom is -0.481 e. The van der Waals surface area contributed by atoms with Crippen molar-refractivity contribution in [3.05, 3.63) is 94.7 Å². The number of aliphatic carboxylic acids is 1. The third-order valence-electron chi connectivity index (χ3n) is 12.5. The number of carboxylic acids is 1. The highest BCUT2D eigenvalue weighted by atomic mass is 32.2. The number of carbonyl (C=O) groups is 7. The first-order chi connectivity index (χ1) is 43.5. The molecule has 2 aromatic carbocycles. The Balaban J connectivity index is 0.000000234. The predicted octanol–water partition coefficient (Wildman–Crippen LogP) is 3.91. The van der Waals surface area contributed by atoms with Gasteiger partial charge >= 0.3 is 30.2 Å². The fourth-order valence-corrected chi connectivity index (χ4v) is 11.2. The lowest BCUT2D eigenvalue weighted by molar-refractivity contribution is -0.138. The number of aryl methyl sites for hydroxylation is 2. The Morgan fingerprint density at radius 3 is 1.97 bits per heavy atom. The number of nitrogens with zero attached hydrogens (tertiary/aromatic N) is 9. The largest absolute Gasteiger partial charge is 0.481 e. The lowest BCUT2D eigenvalue weighted by Gasteiger charge is -2.29. The summed E-state index contributed by atoms with van der Waals surface area (Å²) in [5, 5.41) is 12.0. The van der Waals surface area contributed by atoms with Crippen molar-refractivity contribution in [2.75, 3.05) is 81.8 Å². The Morgan fingerprint density at radius 1 is 0.849 bits per heavy atom. The normalized spacial score (nSPS) is 14.4. The Hall–Kier alpha value is -9.96. The van der Waals surface area contributed by atoms with Gasteiger partial charge in [0.2, 0.25) is 23.7 Å². The molecule has 0 radical (unpaired) electrons. The second-order valence-electron chi connectivity index (χ2n) is 19.7. The standard InChI is InChI=1S/C19H15FN2O4.C15H16F3N5O4S.C15H18N6O6S.C5H12NO4P/c1-2-7-21-15-9-14(13(20)8-16(15)26-10-17(21)23)22-18(24)11-5-3-4-6-12(11)19(22)25;1-9-19-12(22-14(20-9)27-2)21-13(24)23-28(25,26)11-6-4-3-5-10(11)7-8-15(16,17)18;1-21(2)13(22)9-6-5-7-16-12(9)28(24,25)20-15(23)19-14-17-10(26-3)8-11(18-14)27-4;1-11(9,10)3-2-4(6)5(7)8/h1,8-9H,3-7,10H2;3-6H,7-8H2,1-2H3,(H2,19,20,21,22,23,24);5-8H,1-4H3,(H2,17,18,19,20,23);4H,2-3,6H2,1H3,(H,7,8)(H,9,10). The minimum absolute atomic E-state index is 0.0170.